The first-order chi connectivity index (χ1) is 18.0. The highest BCUT2D eigenvalue weighted by molar-refractivity contribution is 5.89. The lowest BCUT2D eigenvalue weighted by Gasteiger charge is -2.34. The molecule has 0 aliphatic carbocycles. The van der Waals surface area contributed by atoms with Crippen molar-refractivity contribution in [1.82, 2.24) is 19.8 Å². The molecule has 0 unspecified atom stereocenters. The van der Waals surface area contributed by atoms with Crippen LogP contribution >= 0.6 is 0 Å². The van der Waals surface area contributed by atoms with Crippen LogP contribution in [0.3, 0.4) is 0 Å². The number of aromatic nitrogens is 2. The van der Waals surface area contributed by atoms with Crippen molar-refractivity contribution in [2.45, 2.75) is 13.0 Å². The van der Waals surface area contributed by atoms with Gasteiger partial charge in [-0.25, -0.2) is 9.78 Å². The zero-order valence-corrected chi connectivity index (χ0v) is 21.4. The van der Waals surface area contributed by atoms with Gasteiger partial charge in [-0.05, 0) is 43.4 Å². The molecule has 3 aromatic rings. The first-order valence-corrected chi connectivity index (χ1v) is 12.4. The van der Waals surface area contributed by atoms with Crippen LogP contribution < -0.4 is 24.4 Å². The largest absolute Gasteiger partial charge is 0.497 e. The van der Waals surface area contributed by atoms with Gasteiger partial charge < -0.3 is 34.2 Å². The van der Waals surface area contributed by atoms with Crippen LogP contribution in [0.4, 0.5) is 16.4 Å². The van der Waals surface area contributed by atoms with Gasteiger partial charge in [0.2, 0.25) is 11.8 Å². The van der Waals surface area contributed by atoms with Crippen LogP contribution in [-0.2, 0) is 13.0 Å². The number of hydrogen-bond donors (Lipinski definition) is 1. The highest BCUT2D eigenvalue weighted by atomic mass is 16.5. The minimum atomic E-state index is -0.197. The van der Waals surface area contributed by atoms with Gasteiger partial charge in [0.05, 0.1) is 32.0 Å². The fourth-order valence-corrected chi connectivity index (χ4v) is 4.44. The summed E-state index contributed by atoms with van der Waals surface area (Å²) in [7, 11) is 5.35. The van der Waals surface area contributed by atoms with Crippen molar-refractivity contribution in [3.05, 3.63) is 59.8 Å². The van der Waals surface area contributed by atoms with E-state index in [1.165, 1.54) is 0 Å². The maximum absolute atomic E-state index is 13.1. The van der Waals surface area contributed by atoms with Gasteiger partial charge in [-0.15, -0.1) is 0 Å². The molecule has 3 heterocycles. The molecule has 1 fully saturated rings. The summed E-state index contributed by atoms with van der Waals surface area (Å²) in [5, 5.41) is 2.96. The Kier molecular flexibility index (Phi) is 7.27. The van der Waals surface area contributed by atoms with E-state index < -0.39 is 0 Å². The number of carbonyl (C=O) groups is 1. The fourth-order valence-electron chi connectivity index (χ4n) is 4.44. The number of hydrogen-bond acceptors (Lipinski definition) is 8. The maximum atomic E-state index is 13.1. The lowest BCUT2D eigenvalue weighted by Crippen LogP contribution is -2.45. The number of piperazine rings is 1. The van der Waals surface area contributed by atoms with E-state index in [0.29, 0.717) is 48.5 Å². The molecule has 194 valence electrons. The minimum absolute atomic E-state index is 0.197. The van der Waals surface area contributed by atoms with E-state index in [4.69, 9.17) is 24.2 Å². The van der Waals surface area contributed by atoms with Gasteiger partial charge in [0, 0.05) is 50.9 Å². The number of urea groups is 1. The molecule has 0 bridgehead atoms. The molecule has 2 aliphatic rings. The van der Waals surface area contributed by atoms with E-state index in [1.807, 2.05) is 42.5 Å². The zero-order valence-electron chi connectivity index (χ0n) is 21.4. The Morgan fingerprint density at radius 3 is 2.35 bits per heavy atom. The number of benzene rings is 2. The van der Waals surface area contributed by atoms with Crippen molar-refractivity contribution in [3.8, 4) is 23.1 Å². The number of amides is 2. The second-order valence-electron chi connectivity index (χ2n) is 9.16. The lowest BCUT2D eigenvalue weighted by molar-refractivity contribution is 0.205. The number of nitrogens with zero attached hydrogens (tertiary/aromatic N) is 5. The van der Waals surface area contributed by atoms with Crippen molar-refractivity contribution in [2.24, 2.45) is 0 Å². The molecule has 0 atom stereocenters. The van der Waals surface area contributed by atoms with Crippen molar-refractivity contribution in [1.29, 1.82) is 0 Å². The lowest BCUT2D eigenvalue weighted by atomic mass is 10.1. The molecule has 1 aromatic heterocycles. The van der Waals surface area contributed by atoms with Crippen molar-refractivity contribution in [2.75, 3.05) is 64.2 Å². The van der Waals surface area contributed by atoms with Crippen LogP contribution in [0.2, 0.25) is 0 Å². The quantitative estimate of drug-likeness (QED) is 0.544. The van der Waals surface area contributed by atoms with E-state index in [9.17, 15) is 4.79 Å². The molecule has 5 rings (SSSR count). The van der Waals surface area contributed by atoms with Crippen LogP contribution in [-0.4, -0.2) is 79.8 Å². The SMILES string of the molecule is COc1ccc(Oc2nc(N3CCN(C)CC3)nc3c2CN(C(=O)Nc2cccc(OC)c2)CC3)cc1. The summed E-state index contributed by atoms with van der Waals surface area (Å²) in [5.74, 6) is 3.22. The van der Waals surface area contributed by atoms with E-state index in [2.05, 4.69) is 22.2 Å². The van der Waals surface area contributed by atoms with Crippen molar-refractivity contribution < 1.29 is 19.0 Å². The minimum Gasteiger partial charge on any atom is -0.497 e. The first-order valence-electron chi connectivity index (χ1n) is 12.4. The normalized spacial score (nSPS) is 15.6. The summed E-state index contributed by atoms with van der Waals surface area (Å²) in [5.41, 5.74) is 2.41. The van der Waals surface area contributed by atoms with Gasteiger partial charge in [0.1, 0.15) is 17.2 Å². The highest BCUT2D eigenvalue weighted by Crippen LogP contribution is 2.32. The summed E-state index contributed by atoms with van der Waals surface area (Å²) in [4.78, 5) is 29.1. The molecule has 1 saturated heterocycles. The molecule has 0 saturated carbocycles. The Morgan fingerprint density at radius 2 is 1.62 bits per heavy atom. The third-order valence-electron chi connectivity index (χ3n) is 6.68. The second kappa shape index (κ2) is 10.9. The van der Waals surface area contributed by atoms with E-state index in [1.54, 1.807) is 25.2 Å². The van der Waals surface area contributed by atoms with Gasteiger partial charge in [0.15, 0.2) is 0 Å². The molecule has 2 aliphatic heterocycles. The Balaban J connectivity index is 1.41. The Labute approximate surface area is 216 Å². The highest BCUT2D eigenvalue weighted by Gasteiger charge is 2.28. The van der Waals surface area contributed by atoms with Gasteiger partial charge in [-0.3, -0.25) is 0 Å². The molecule has 0 spiro atoms. The molecule has 10 nitrogen and oxygen atoms in total. The van der Waals surface area contributed by atoms with E-state index >= 15 is 0 Å². The number of likely N-dealkylation sites (N-methyl/N-ethyl adjacent to an activating group) is 1. The van der Waals surface area contributed by atoms with Crippen LogP contribution in [0, 0.1) is 0 Å². The summed E-state index contributed by atoms with van der Waals surface area (Å²) in [6, 6.07) is 14.5. The van der Waals surface area contributed by atoms with Crippen LogP contribution in [0.15, 0.2) is 48.5 Å². The second-order valence-corrected chi connectivity index (χ2v) is 9.16. The summed E-state index contributed by atoms with van der Waals surface area (Å²) < 4.78 is 16.8. The van der Waals surface area contributed by atoms with Gasteiger partial charge in [0.25, 0.3) is 0 Å². The molecule has 0 radical (unpaired) electrons. The monoisotopic (exact) mass is 504 g/mol. The number of rotatable bonds is 6. The number of carbonyl (C=O) groups excluding carboxylic acids is 1. The Bertz CT molecular complexity index is 1240. The average Bonchev–Trinajstić information content (AvgIpc) is 2.93. The van der Waals surface area contributed by atoms with Crippen molar-refractivity contribution >= 4 is 17.7 Å². The first kappa shape index (κ1) is 24.6. The predicted octanol–water partition coefficient (Wildman–Crippen LogP) is 3.63. The molecule has 2 aromatic carbocycles. The van der Waals surface area contributed by atoms with Gasteiger partial charge >= 0.3 is 6.03 Å². The molecule has 1 N–H and O–H groups in total. The number of fused-ring (bicyclic) bond motifs is 1. The van der Waals surface area contributed by atoms with E-state index in [-0.39, 0.29) is 6.03 Å². The number of ether oxygens (including phenoxy) is 3. The van der Waals surface area contributed by atoms with Crippen LogP contribution in [0.25, 0.3) is 0 Å². The van der Waals surface area contributed by atoms with Crippen molar-refractivity contribution in [3.63, 3.8) is 0 Å². The smallest absolute Gasteiger partial charge is 0.322 e. The maximum Gasteiger partial charge on any atom is 0.322 e. The Hall–Kier alpha value is -4.05. The van der Waals surface area contributed by atoms with Gasteiger partial charge in [-0.2, -0.15) is 4.98 Å². The summed E-state index contributed by atoms with van der Waals surface area (Å²) >= 11 is 0. The topological polar surface area (TPSA) is 92.3 Å². The molecular formula is C27H32N6O4. The third-order valence-corrected chi connectivity index (χ3v) is 6.68. The fraction of sp³-hybridized carbons (Fsp3) is 0.370. The van der Waals surface area contributed by atoms with E-state index in [0.717, 1.165) is 43.2 Å². The summed E-state index contributed by atoms with van der Waals surface area (Å²) in [6.45, 7) is 4.50. The number of nitrogens with one attached hydrogen (secondary N) is 1. The molecular weight excluding hydrogens is 472 g/mol. The molecule has 2 amide bonds. The average molecular weight is 505 g/mol. The Morgan fingerprint density at radius 1 is 0.892 bits per heavy atom. The van der Waals surface area contributed by atoms with Crippen LogP contribution in [0.1, 0.15) is 11.3 Å². The molecule has 37 heavy (non-hydrogen) atoms. The summed E-state index contributed by atoms with van der Waals surface area (Å²) in [6.07, 6.45) is 0.614. The number of anilines is 2. The standard InChI is InChI=1S/C27H32N6O4/c1-31-13-15-32(16-14-31)26-29-24-11-12-33(27(34)28-19-5-4-6-22(17-19)36-3)18-23(24)25(30-26)37-21-9-7-20(35-2)8-10-21/h4-10,17H,11-16,18H2,1-3H3,(H,28,34). The van der Waals surface area contributed by atoms with Crippen LogP contribution in [0.5, 0.6) is 23.1 Å². The zero-order chi connectivity index (χ0) is 25.8. The van der Waals surface area contributed by atoms with Gasteiger partial charge in [-0.1, -0.05) is 6.07 Å². The predicted molar refractivity (Wildman–Crippen MR) is 141 cm³/mol. The third kappa shape index (κ3) is 5.69. The molecule has 10 heteroatoms. The number of methoxy groups -OCH3 is 2.